The summed E-state index contributed by atoms with van der Waals surface area (Å²) in [5.41, 5.74) is 2.51. The van der Waals surface area contributed by atoms with Crippen molar-refractivity contribution in [1.82, 2.24) is 15.3 Å². The maximum Gasteiger partial charge on any atom is 0.287 e. The highest BCUT2D eigenvalue weighted by molar-refractivity contribution is 7.98. The number of furan rings is 1. The summed E-state index contributed by atoms with van der Waals surface area (Å²) in [5, 5.41) is 4.54. The van der Waals surface area contributed by atoms with E-state index >= 15 is 0 Å². The number of amides is 1. The van der Waals surface area contributed by atoms with Crippen LogP contribution in [0.25, 0.3) is 11.0 Å². The van der Waals surface area contributed by atoms with Gasteiger partial charge in [0.05, 0.1) is 6.10 Å². The van der Waals surface area contributed by atoms with Gasteiger partial charge in [-0.2, -0.15) is 0 Å². The number of aromatic nitrogens is 2. The van der Waals surface area contributed by atoms with E-state index in [2.05, 4.69) is 15.3 Å². The zero-order chi connectivity index (χ0) is 21.6. The summed E-state index contributed by atoms with van der Waals surface area (Å²) >= 11 is 1.47. The Bertz CT molecular complexity index is 1160. The minimum absolute atomic E-state index is 0.121. The number of rotatable bonds is 8. The zero-order valence-electron chi connectivity index (χ0n) is 17.4. The molecule has 0 atom stereocenters. The lowest BCUT2D eigenvalue weighted by Gasteiger charge is -2.10. The fraction of sp³-hybridized carbons (Fsp3) is 0.208. The molecule has 0 aliphatic carbocycles. The van der Waals surface area contributed by atoms with Crippen molar-refractivity contribution in [1.29, 1.82) is 0 Å². The zero-order valence-corrected chi connectivity index (χ0v) is 18.2. The number of nitrogens with one attached hydrogen (secondary N) is 1. The molecule has 0 aliphatic heterocycles. The number of carbonyl (C=O) groups excluding carboxylic acids is 1. The highest BCUT2D eigenvalue weighted by Gasteiger charge is 2.20. The van der Waals surface area contributed by atoms with Gasteiger partial charge < -0.3 is 14.5 Å². The lowest BCUT2D eigenvalue weighted by molar-refractivity contribution is 0.0924. The molecule has 2 aromatic heterocycles. The fourth-order valence-electron chi connectivity index (χ4n) is 3.14. The first-order valence-corrected chi connectivity index (χ1v) is 11.0. The molecule has 7 heteroatoms. The number of hydrogen-bond donors (Lipinski definition) is 1. The standard InChI is InChI=1S/C24H23N3O3S/c1-16(2)29-18-10-8-17(9-11-18)14-27-23(28)22-20(15-31-24-25-12-5-13-26-24)19-6-3-4-7-21(19)30-22/h3-13,16H,14-15H2,1-2H3,(H,27,28). The second-order valence-electron chi connectivity index (χ2n) is 7.22. The Hall–Kier alpha value is -3.32. The molecule has 2 heterocycles. The van der Waals surface area contributed by atoms with E-state index in [0.717, 1.165) is 22.3 Å². The number of carbonyl (C=O) groups is 1. The van der Waals surface area contributed by atoms with Crippen molar-refractivity contribution in [3.8, 4) is 5.75 Å². The summed E-state index contributed by atoms with van der Waals surface area (Å²) in [7, 11) is 0. The first kappa shape index (κ1) is 20.9. The summed E-state index contributed by atoms with van der Waals surface area (Å²) in [5.74, 6) is 1.42. The molecular weight excluding hydrogens is 410 g/mol. The molecule has 31 heavy (non-hydrogen) atoms. The molecule has 2 aromatic carbocycles. The summed E-state index contributed by atoms with van der Waals surface area (Å²) in [6.07, 6.45) is 3.53. The van der Waals surface area contributed by atoms with E-state index in [9.17, 15) is 4.79 Å². The monoisotopic (exact) mass is 433 g/mol. The van der Waals surface area contributed by atoms with Crippen LogP contribution >= 0.6 is 11.8 Å². The molecule has 0 radical (unpaired) electrons. The van der Waals surface area contributed by atoms with Crippen molar-refractivity contribution in [3.63, 3.8) is 0 Å². The van der Waals surface area contributed by atoms with Gasteiger partial charge in [-0.25, -0.2) is 9.97 Å². The molecule has 0 saturated carbocycles. The lowest BCUT2D eigenvalue weighted by Crippen LogP contribution is -2.23. The summed E-state index contributed by atoms with van der Waals surface area (Å²) in [6, 6.07) is 17.1. The molecule has 0 fully saturated rings. The van der Waals surface area contributed by atoms with Gasteiger partial charge in [0.25, 0.3) is 5.91 Å². The van der Waals surface area contributed by atoms with Crippen LogP contribution in [0.1, 0.15) is 35.5 Å². The Labute approximate surface area is 185 Å². The second-order valence-corrected chi connectivity index (χ2v) is 8.16. The lowest BCUT2D eigenvalue weighted by atomic mass is 10.1. The van der Waals surface area contributed by atoms with Crippen molar-refractivity contribution in [2.75, 3.05) is 0 Å². The predicted molar refractivity (Wildman–Crippen MR) is 121 cm³/mol. The third-order valence-electron chi connectivity index (χ3n) is 4.54. The maximum absolute atomic E-state index is 13.0. The summed E-state index contributed by atoms with van der Waals surface area (Å²) in [6.45, 7) is 4.37. The molecule has 0 spiro atoms. The van der Waals surface area contributed by atoms with Gasteiger partial charge in [0, 0.05) is 35.6 Å². The minimum Gasteiger partial charge on any atom is -0.491 e. The number of para-hydroxylation sites is 1. The van der Waals surface area contributed by atoms with E-state index in [0.29, 0.717) is 28.8 Å². The van der Waals surface area contributed by atoms with Gasteiger partial charge in [-0.15, -0.1) is 0 Å². The Morgan fingerprint density at radius 2 is 1.81 bits per heavy atom. The van der Waals surface area contributed by atoms with Crippen LogP contribution in [0.4, 0.5) is 0 Å². The van der Waals surface area contributed by atoms with Crippen LogP contribution < -0.4 is 10.1 Å². The van der Waals surface area contributed by atoms with Crippen molar-refractivity contribution in [2.45, 2.75) is 37.4 Å². The Balaban J connectivity index is 1.49. The number of hydrogen-bond acceptors (Lipinski definition) is 6. The molecule has 0 unspecified atom stereocenters. The highest BCUT2D eigenvalue weighted by Crippen LogP contribution is 2.31. The molecule has 6 nitrogen and oxygen atoms in total. The third-order valence-corrected chi connectivity index (χ3v) is 5.44. The first-order chi connectivity index (χ1) is 15.1. The van der Waals surface area contributed by atoms with E-state index in [4.69, 9.17) is 9.15 Å². The van der Waals surface area contributed by atoms with Crippen LogP contribution in [0.2, 0.25) is 0 Å². The van der Waals surface area contributed by atoms with Crippen LogP contribution in [-0.2, 0) is 12.3 Å². The molecular formula is C24H23N3O3S. The van der Waals surface area contributed by atoms with Crippen LogP contribution in [0.15, 0.2) is 76.6 Å². The molecule has 158 valence electrons. The quantitative estimate of drug-likeness (QED) is 0.303. The second kappa shape index (κ2) is 9.66. The molecule has 0 bridgehead atoms. The van der Waals surface area contributed by atoms with Crippen molar-refractivity contribution in [2.24, 2.45) is 0 Å². The van der Waals surface area contributed by atoms with E-state index in [1.165, 1.54) is 11.8 Å². The van der Waals surface area contributed by atoms with E-state index in [-0.39, 0.29) is 12.0 Å². The smallest absolute Gasteiger partial charge is 0.287 e. The average Bonchev–Trinajstić information content (AvgIpc) is 3.16. The number of thioether (sulfide) groups is 1. The molecule has 1 N–H and O–H groups in total. The number of nitrogens with zero attached hydrogens (tertiary/aromatic N) is 2. The Morgan fingerprint density at radius 1 is 1.06 bits per heavy atom. The number of fused-ring (bicyclic) bond motifs is 1. The SMILES string of the molecule is CC(C)Oc1ccc(CNC(=O)c2oc3ccccc3c2CSc2ncccn2)cc1. The van der Waals surface area contributed by atoms with Crippen molar-refractivity contribution in [3.05, 3.63) is 83.9 Å². The van der Waals surface area contributed by atoms with Crippen molar-refractivity contribution >= 4 is 28.6 Å². The largest absolute Gasteiger partial charge is 0.491 e. The fourth-order valence-corrected chi connectivity index (χ4v) is 3.97. The topological polar surface area (TPSA) is 77.2 Å². The van der Waals surface area contributed by atoms with Gasteiger partial charge in [0.15, 0.2) is 10.9 Å². The normalized spacial score (nSPS) is 11.1. The summed E-state index contributed by atoms with van der Waals surface area (Å²) < 4.78 is 11.6. The van der Waals surface area contributed by atoms with Gasteiger partial charge in [0.2, 0.25) is 0 Å². The van der Waals surface area contributed by atoms with Gasteiger partial charge >= 0.3 is 0 Å². The Morgan fingerprint density at radius 3 is 2.55 bits per heavy atom. The number of benzene rings is 2. The molecule has 4 rings (SSSR count). The molecule has 4 aromatic rings. The summed E-state index contributed by atoms with van der Waals surface area (Å²) in [4.78, 5) is 21.5. The first-order valence-electron chi connectivity index (χ1n) is 10.0. The van der Waals surface area contributed by atoms with Crippen LogP contribution in [0.3, 0.4) is 0 Å². The van der Waals surface area contributed by atoms with E-state index in [1.807, 2.05) is 62.4 Å². The molecule has 1 amide bonds. The minimum atomic E-state index is -0.247. The third kappa shape index (κ3) is 5.24. The van der Waals surface area contributed by atoms with Crippen LogP contribution in [0.5, 0.6) is 5.75 Å². The molecule has 0 saturated heterocycles. The highest BCUT2D eigenvalue weighted by atomic mass is 32.2. The van der Waals surface area contributed by atoms with Gasteiger partial charge in [0.1, 0.15) is 11.3 Å². The van der Waals surface area contributed by atoms with Crippen molar-refractivity contribution < 1.29 is 13.9 Å². The van der Waals surface area contributed by atoms with Crippen LogP contribution in [-0.4, -0.2) is 22.0 Å². The van der Waals surface area contributed by atoms with Gasteiger partial charge in [-0.1, -0.05) is 42.1 Å². The predicted octanol–water partition coefficient (Wildman–Crippen LogP) is 5.23. The van der Waals surface area contributed by atoms with Gasteiger partial charge in [-0.3, -0.25) is 4.79 Å². The average molecular weight is 434 g/mol. The maximum atomic E-state index is 13.0. The number of ether oxygens (including phenoxy) is 1. The van der Waals surface area contributed by atoms with E-state index in [1.54, 1.807) is 18.5 Å². The van der Waals surface area contributed by atoms with E-state index < -0.39 is 0 Å². The molecule has 0 aliphatic rings. The Kier molecular flexibility index (Phi) is 6.52. The van der Waals surface area contributed by atoms with Gasteiger partial charge in [-0.05, 0) is 43.7 Å². The van der Waals surface area contributed by atoms with Crippen LogP contribution in [0, 0.1) is 0 Å².